The van der Waals surface area contributed by atoms with Gasteiger partial charge in [-0.2, -0.15) is 4.98 Å². The molecule has 29 heavy (non-hydrogen) atoms. The van der Waals surface area contributed by atoms with Crippen molar-refractivity contribution < 1.29 is 9.53 Å². The summed E-state index contributed by atoms with van der Waals surface area (Å²) in [5, 5.41) is 2.90. The van der Waals surface area contributed by atoms with E-state index in [9.17, 15) is 14.4 Å². The van der Waals surface area contributed by atoms with E-state index in [1.54, 1.807) is 11.5 Å². The van der Waals surface area contributed by atoms with Crippen molar-refractivity contribution >= 4 is 23.2 Å². The lowest BCUT2D eigenvalue weighted by atomic mass is 10.1. The predicted octanol–water partition coefficient (Wildman–Crippen LogP) is 0.930. The molecule has 156 valence electrons. The number of rotatable bonds is 3. The average molecular weight is 402 g/mol. The molecule has 1 fully saturated rings. The summed E-state index contributed by atoms with van der Waals surface area (Å²) in [6, 6.07) is -0.124. The van der Waals surface area contributed by atoms with E-state index < -0.39 is 22.9 Å². The van der Waals surface area contributed by atoms with Crippen LogP contribution in [-0.2, 0) is 11.3 Å². The molecule has 0 spiro atoms. The van der Waals surface area contributed by atoms with Crippen molar-refractivity contribution in [3.8, 4) is 11.8 Å². The van der Waals surface area contributed by atoms with Crippen molar-refractivity contribution in [3.63, 3.8) is 0 Å². The number of amides is 1. The Morgan fingerprint density at radius 2 is 2.10 bits per heavy atom. The summed E-state index contributed by atoms with van der Waals surface area (Å²) < 4.78 is 7.03. The second-order valence-electron chi connectivity index (χ2n) is 7.96. The summed E-state index contributed by atoms with van der Waals surface area (Å²) in [5.41, 5.74) is -1.21. The Morgan fingerprint density at radius 3 is 2.79 bits per heavy atom. The van der Waals surface area contributed by atoms with Gasteiger partial charge in [-0.05, 0) is 40.5 Å². The highest BCUT2D eigenvalue weighted by atomic mass is 16.6. The average Bonchev–Trinajstić information content (AvgIpc) is 2.97. The first-order valence-corrected chi connectivity index (χ1v) is 9.55. The molecule has 1 amide bonds. The largest absolute Gasteiger partial charge is 0.444 e. The molecule has 0 aliphatic carbocycles. The Hall–Kier alpha value is -3.22. The van der Waals surface area contributed by atoms with E-state index in [0.717, 1.165) is 12.8 Å². The Balaban J connectivity index is 1.89. The van der Waals surface area contributed by atoms with Crippen LogP contribution in [0.15, 0.2) is 9.59 Å². The summed E-state index contributed by atoms with van der Waals surface area (Å²) in [5.74, 6) is 6.29. The second kappa shape index (κ2) is 8.03. The van der Waals surface area contributed by atoms with Gasteiger partial charge in [0.1, 0.15) is 5.60 Å². The Bertz CT molecular complexity index is 1080. The molecule has 10 nitrogen and oxygen atoms in total. The van der Waals surface area contributed by atoms with Gasteiger partial charge in [0.15, 0.2) is 11.2 Å². The molecule has 1 saturated heterocycles. The first kappa shape index (κ1) is 20.5. The number of H-pyrrole nitrogens is 2. The highest BCUT2D eigenvalue weighted by molar-refractivity contribution is 5.74. The number of aromatic amines is 2. The number of piperidine rings is 1. The molecule has 1 aliphatic rings. The maximum atomic E-state index is 12.3. The van der Waals surface area contributed by atoms with Gasteiger partial charge in [0.2, 0.25) is 5.95 Å². The SMILES string of the molecule is CC#CCn1c(N2CCC[C@@H](NC(=O)OC(C)(C)C)C2)nc2[nH]c(=O)[nH]c(=O)c21. The molecule has 1 aliphatic heterocycles. The number of imidazole rings is 1. The van der Waals surface area contributed by atoms with Crippen LogP contribution >= 0.6 is 0 Å². The van der Waals surface area contributed by atoms with Crippen LogP contribution in [0.5, 0.6) is 0 Å². The van der Waals surface area contributed by atoms with Crippen molar-refractivity contribution in [1.82, 2.24) is 24.8 Å². The molecule has 0 saturated carbocycles. The van der Waals surface area contributed by atoms with Gasteiger partial charge in [-0.1, -0.05) is 5.92 Å². The van der Waals surface area contributed by atoms with Crippen LogP contribution < -0.4 is 21.5 Å². The molecule has 0 radical (unpaired) electrons. The lowest BCUT2D eigenvalue weighted by molar-refractivity contribution is 0.0500. The Morgan fingerprint density at radius 1 is 1.34 bits per heavy atom. The van der Waals surface area contributed by atoms with Gasteiger partial charge in [-0.25, -0.2) is 9.59 Å². The zero-order chi connectivity index (χ0) is 21.2. The molecule has 2 aromatic rings. The number of nitrogens with one attached hydrogen (secondary N) is 3. The van der Waals surface area contributed by atoms with E-state index in [1.807, 2.05) is 25.7 Å². The van der Waals surface area contributed by atoms with Crippen molar-refractivity contribution in [2.45, 2.75) is 58.7 Å². The highest BCUT2D eigenvalue weighted by Crippen LogP contribution is 2.22. The number of hydrogen-bond donors (Lipinski definition) is 3. The lowest BCUT2D eigenvalue weighted by Gasteiger charge is -2.34. The van der Waals surface area contributed by atoms with Gasteiger partial charge in [-0.15, -0.1) is 5.92 Å². The molecular weight excluding hydrogens is 376 g/mol. The summed E-state index contributed by atoms with van der Waals surface area (Å²) in [4.78, 5) is 47.4. The highest BCUT2D eigenvalue weighted by Gasteiger charge is 2.27. The zero-order valence-corrected chi connectivity index (χ0v) is 17.1. The number of ether oxygens (including phenoxy) is 1. The molecule has 3 rings (SSSR count). The van der Waals surface area contributed by atoms with Crippen molar-refractivity contribution in [2.24, 2.45) is 0 Å². The molecule has 3 heterocycles. The summed E-state index contributed by atoms with van der Waals surface area (Å²) in [7, 11) is 0. The lowest BCUT2D eigenvalue weighted by Crippen LogP contribution is -2.49. The number of fused-ring (bicyclic) bond motifs is 1. The number of carbonyl (C=O) groups excluding carboxylic acids is 1. The maximum Gasteiger partial charge on any atom is 0.407 e. The number of nitrogens with zero attached hydrogens (tertiary/aromatic N) is 3. The summed E-state index contributed by atoms with van der Waals surface area (Å²) >= 11 is 0. The van der Waals surface area contributed by atoms with Gasteiger partial charge in [0.25, 0.3) is 5.56 Å². The minimum Gasteiger partial charge on any atom is -0.444 e. The molecule has 2 aromatic heterocycles. The molecule has 0 unspecified atom stereocenters. The standard InChI is InChI=1S/C19H26N6O4/c1-5-6-10-25-13-14(21-16(27)23-15(13)26)22-17(25)24-9-7-8-12(11-24)20-18(28)29-19(2,3)4/h12H,7-11H2,1-4H3,(H,20,28)(H2,21,23,26,27)/t12-/m1/s1. The van der Waals surface area contributed by atoms with Crippen LogP contribution in [0.25, 0.3) is 11.2 Å². The first-order chi connectivity index (χ1) is 13.7. The minimum atomic E-state index is -0.608. The Labute approximate surface area is 167 Å². The third-order valence-corrected chi connectivity index (χ3v) is 4.46. The summed E-state index contributed by atoms with van der Waals surface area (Å²) in [6.07, 6.45) is 1.17. The van der Waals surface area contributed by atoms with Crippen molar-refractivity contribution in [3.05, 3.63) is 20.8 Å². The van der Waals surface area contributed by atoms with Crippen molar-refractivity contribution in [2.75, 3.05) is 18.0 Å². The van der Waals surface area contributed by atoms with Gasteiger partial charge in [0.05, 0.1) is 6.54 Å². The third-order valence-electron chi connectivity index (χ3n) is 4.46. The van der Waals surface area contributed by atoms with Gasteiger partial charge < -0.3 is 15.0 Å². The predicted molar refractivity (Wildman–Crippen MR) is 109 cm³/mol. The molecule has 10 heteroatoms. The third kappa shape index (κ3) is 4.80. The fourth-order valence-electron chi connectivity index (χ4n) is 3.36. The van der Waals surface area contributed by atoms with Gasteiger partial charge >= 0.3 is 11.8 Å². The summed E-state index contributed by atoms with van der Waals surface area (Å²) in [6.45, 7) is 8.63. The molecule has 0 aromatic carbocycles. The Kier molecular flexibility index (Phi) is 5.68. The number of alkyl carbamates (subject to hydrolysis) is 1. The second-order valence-corrected chi connectivity index (χ2v) is 7.96. The molecule has 1 atom stereocenters. The fourth-order valence-corrected chi connectivity index (χ4v) is 3.36. The van der Waals surface area contributed by atoms with Gasteiger partial charge in [-0.3, -0.25) is 19.3 Å². The van der Waals surface area contributed by atoms with E-state index in [4.69, 9.17) is 4.74 Å². The smallest absolute Gasteiger partial charge is 0.407 e. The number of anilines is 1. The van der Waals surface area contributed by atoms with Crippen LogP contribution in [0.2, 0.25) is 0 Å². The quantitative estimate of drug-likeness (QED) is 0.656. The number of carbonyl (C=O) groups is 1. The minimum absolute atomic E-state index is 0.124. The zero-order valence-electron chi connectivity index (χ0n) is 17.1. The van der Waals surface area contributed by atoms with E-state index in [2.05, 4.69) is 32.1 Å². The van der Waals surface area contributed by atoms with Crippen LogP contribution in [0, 0.1) is 11.8 Å². The van der Waals surface area contributed by atoms with Gasteiger partial charge in [0, 0.05) is 19.1 Å². The van der Waals surface area contributed by atoms with E-state index in [1.165, 1.54) is 0 Å². The fraction of sp³-hybridized carbons (Fsp3) is 0.579. The number of aromatic nitrogens is 4. The topological polar surface area (TPSA) is 125 Å². The monoisotopic (exact) mass is 402 g/mol. The van der Waals surface area contributed by atoms with Crippen LogP contribution in [0.3, 0.4) is 0 Å². The molecule has 0 bridgehead atoms. The van der Waals surface area contributed by atoms with Crippen molar-refractivity contribution in [1.29, 1.82) is 0 Å². The van der Waals surface area contributed by atoms with Crippen LogP contribution in [0.4, 0.5) is 10.7 Å². The molecule has 3 N–H and O–H groups in total. The number of hydrogen-bond acceptors (Lipinski definition) is 6. The molecular formula is C19H26N6O4. The van der Waals surface area contributed by atoms with E-state index in [0.29, 0.717) is 19.0 Å². The van der Waals surface area contributed by atoms with E-state index >= 15 is 0 Å². The van der Waals surface area contributed by atoms with E-state index in [-0.39, 0.29) is 23.8 Å². The first-order valence-electron chi connectivity index (χ1n) is 9.55. The van der Waals surface area contributed by atoms with Crippen LogP contribution in [-0.4, -0.2) is 50.3 Å². The normalized spacial score (nSPS) is 17.0. The maximum absolute atomic E-state index is 12.3. The van der Waals surface area contributed by atoms with Crippen LogP contribution in [0.1, 0.15) is 40.5 Å².